The van der Waals surface area contributed by atoms with E-state index in [9.17, 15) is 9.59 Å². The zero-order chi connectivity index (χ0) is 22.1. The maximum absolute atomic E-state index is 13.1. The van der Waals surface area contributed by atoms with E-state index in [0.29, 0.717) is 19.4 Å². The molecule has 0 unspecified atom stereocenters. The van der Waals surface area contributed by atoms with Gasteiger partial charge in [0, 0.05) is 18.5 Å². The van der Waals surface area contributed by atoms with Gasteiger partial charge in [0.05, 0.1) is 0 Å². The van der Waals surface area contributed by atoms with Crippen LogP contribution in [0, 0.1) is 0 Å². The molecule has 30 heavy (non-hydrogen) atoms. The Labute approximate surface area is 181 Å². The van der Waals surface area contributed by atoms with Crippen molar-refractivity contribution in [3.8, 4) is 0 Å². The van der Waals surface area contributed by atoms with Gasteiger partial charge in [-0.25, -0.2) is 0 Å². The van der Waals surface area contributed by atoms with Crippen molar-refractivity contribution in [2.75, 3.05) is 6.54 Å². The van der Waals surface area contributed by atoms with Crippen molar-refractivity contribution in [3.63, 3.8) is 0 Å². The molecule has 0 aliphatic carbocycles. The maximum Gasteiger partial charge on any atom is 0.242 e. The van der Waals surface area contributed by atoms with Crippen molar-refractivity contribution in [1.82, 2.24) is 10.2 Å². The van der Waals surface area contributed by atoms with E-state index < -0.39 is 6.04 Å². The van der Waals surface area contributed by atoms with Gasteiger partial charge in [0.1, 0.15) is 6.04 Å². The number of amides is 2. The Morgan fingerprint density at radius 3 is 2.03 bits per heavy atom. The van der Waals surface area contributed by atoms with Gasteiger partial charge in [-0.15, -0.1) is 0 Å². The number of hydrogen-bond acceptors (Lipinski definition) is 2. The number of carbonyl (C=O) groups is 2. The fourth-order valence-electron chi connectivity index (χ4n) is 3.38. The third-order valence-electron chi connectivity index (χ3n) is 5.21. The highest BCUT2D eigenvalue weighted by Gasteiger charge is 2.27. The molecule has 0 spiro atoms. The largest absolute Gasteiger partial charge is 0.350 e. The summed E-state index contributed by atoms with van der Waals surface area (Å²) in [5, 5.41) is 3.01. The van der Waals surface area contributed by atoms with Gasteiger partial charge in [0.2, 0.25) is 11.8 Å². The lowest BCUT2D eigenvalue weighted by atomic mass is 10.0. The quantitative estimate of drug-likeness (QED) is 0.661. The van der Waals surface area contributed by atoms with Crippen molar-refractivity contribution in [1.29, 1.82) is 0 Å². The lowest BCUT2D eigenvalue weighted by Crippen LogP contribution is -2.53. The molecular weight excluding hydrogens is 372 g/mol. The second-order valence-electron chi connectivity index (χ2n) is 8.91. The predicted octanol–water partition coefficient (Wildman–Crippen LogP) is 4.56. The van der Waals surface area contributed by atoms with Crippen molar-refractivity contribution in [2.45, 2.75) is 71.9 Å². The second kappa shape index (κ2) is 11.0. The Morgan fingerprint density at radius 1 is 0.900 bits per heavy atom. The molecule has 4 nitrogen and oxygen atoms in total. The molecule has 162 valence electrons. The molecule has 0 saturated heterocycles. The van der Waals surface area contributed by atoms with E-state index in [0.717, 1.165) is 24.0 Å². The standard InChI is InChI=1S/C26H36N2O2/c1-6-21-12-14-23(15-13-21)16-17-24(29)28(19-18-22-10-8-7-9-11-22)20(2)25(30)27-26(3,4)5/h7-15,20H,6,16-19H2,1-5H3,(H,27,30)/t20-/m1/s1. The third kappa shape index (κ3) is 7.66. The van der Waals surface area contributed by atoms with Crippen LogP contribution in [0.25, 0.3) is 0 Å². The number of aryl methyl sites for hydroxylation is 2. The van der Waals surface area contributed by atoms with E-state index >= 15 is 0 Å². The summed E-state index contributed by atoms with van der Waals surface area (Å²) in [5.74, 6) is -0.0988. The summed E-state index contributed by atoms with van der Waals surface area (Å²) >= 11 is 0. The Morgan fingerprint density at radius 2 is 1.47 bits per heavy atom. The predicted molar refractivity (Wildman–Crippen MR) is 123 cm³/mol. The second-order valence-corrected chi connectivity index (χ2v) is 8.91. The van der Waals surface area contributed by atoms with Crippen LogP contribution in [0.3, 0.4) is 0 Å². The summed E-state index contributed by atoms with van der Waals surface area (Å²) in [5.41, 5.74) is 3.27. The highest BCUT2D eigenvalue weighted by atomic mass is 16.2. The monoisotopic (exact) mass is 408 g/mol. The van der Waals surface area contributed by atoms with Gasteiger partial charge >= 0.3 is 0 Å². The summed E-state index contributed by atoms with van der Waals surface area (Å²) in [4.78, 5) is 27.6. The number of rotatable bonds is 9. The normalized spacial score (nSPS) is 12.3. The lowest BCUT2D eigenvalue weighted by Gasteiger charge is -2.31. The molecule has 0 heterocycles. The first kappa shape index (κ1) is 23.7. The zero-order valence-corrected chi connectivity index (χ0v) is 19.1. The minimum absolute atomic E-state index is 0.0158. The maximum atomic E-state index is 13.1. The van der Waals surface area contributed by atoms with Crippen LogP contribution >= 0.6 is 0 Å². The van der Waals surface area contributed by atoms with Crippen LogP contribution in [0.5, 0.6) is 0 Å². The van der Waals surface area contributed by atoms with Crippen LogP contribution in [0.4, 0.5) is 0 Å². The number of nitrogens with zero attached hydrogens (tertiary/aromatic N) is 1. The van der Waals surface area contributed by atoms with Crippen molar-refractivity contribution in [3.05, 3.63) is 71.3 Å². The third-order valence-corrected chi connectivity index (χ3v) is 5.21. The van der Waals surface area contributed by atoms with Gasteiger partial charge in [-0.1, -0.05) is 61.5 Å². The van der Waals surface area contributed by atoms with Crippen LogP contribution in [0.2, 0.25) is 0 Å². The Balaban J connectivity index is 2.07. The molecule has 0 aromatic heterocycles. The molecule has 1 N–H and O–H groups in total. The first-order chi connectivity index (χ1) is 14.2. The molecule has 2 amide bonds. The van der Waals surface area contributed by atoms with Gasteiger partial charge in [0.15, 0.2) is 0 Å². The van der Waals surface area contributed by atoms with E-state index in [4.69, 9.17) is 0 Å². The molecule has 0 fully saturated rings. The molecule has 2 aromatic carbocycles. The minimum atomic E-state index is -0.511. The highest BCUT2D eigenvalue weighted by molar-refractivity contribution is 5.87. The lowest BCUT2D eigenvalue weighted by molar-refractivity contribution is -0.140. The summed E-state index contributed by atoms with van der Waals surface area (Å²) in [6.45, 7) is 10.3. The highest BCUT2D eigenvalue weighted by Crippen LogP contribution is 2.12. The average Bonchev–Trinajstić information content (AvgIpc) is 2.72. The summed E-state index contributed by atoms with van der Waals surface area (Å²) < 4.78 is 0. The van der Waals surface area contributed by atoms with Crippen LogP contribution in [-0.4, -0.2) is 34.8 Å². The molecule has 0 aliphatic rings. The molecule has 0 aliphatic heterocycles. The van der Waals surface area contributed by atoms with Gasteiger partial charge in [0.25, 0.3) is 0 Å². The first-order valence-corrected chi connectivity index (χ1v) is 10.9. The molecule has 2 rings (SSSR count). The first-order valence-electron chi connectivity index (χ1n) is 10.9. The van der Waals surface area contributed by atoms with Gasteiger partial charge < -0.3 is 10.2 Å². The van der Waals surface area contributed by atoms with Crippen LogP contribution in [0.1, 0.15) is 57.7 Å². The van der Waals surface area contributed by atoms with Crippen molar-refractivity contribution in [2.24, 2.45) is 0 Å². The topological polar surface area (TPSA) is 49.4 Å². The smallest absolute Gasteiger partial charge is 0.242 e. The molecule has 0 bridgehead atoms. The molecule has 1 atom stereocenters. The van der Waals surface area contributed by atoms with Crippen LogP contribution in [0.15, 0.2) is 54.6 Å². The Kier molecular flexibility index (Phi) is 8.64. The summed E-state index contributed by atoms with van der Waals surface area (Å²) in [6.07, 6.45) is 2.81. The van der Waals surface area contributed by atoms with Crippen LogP contribution < -0.4 is 5.32 Å². The fourth-order valence-corrected chi connectivity index (χ4v) is 3.38. The molecule has 0 saturated carbocycles. The van der Waals surface area contributed by atoms with E-state index in [1.54, 1.807) is 4.90 Å². The molecular formula is C26H36N2O2. The number of benzene rings is 2. The van der Waals surface area contributed by atoms with Gasteiger partial charge in [-0.2, -0.15) is 0 Å². The van der Waals surface area contributed by atoms with Gasteiger partial charge in [-0.05, 0) is 63.6 Å². The van der Waals surface area contributed by atoms with Crippen LogP contribution in [-0.2, 0) is 28.9 Å². The summed E-state index contributed by atoms with van der Waals surface area (Å²) in [7, 11) is 0. The van der Waals surface area contributed by atoms with Crippen molar-refractivity contribution >= 4 is 11.8 Å². The van der Waals surface area contributed by atoms with Crippen molar-refractivity contribution < 1.29 is 9.59 Å². The number of nitrogens with one attached hydrogen (secondary N) is 1. The number of carbonyl (C=O) groups excluding carboxylic acids is 2. The SMILES string of the molecule is CCc1ccc(CCC(=O)N(CCc2ccccc2)[C@H](C)C(=O)NC(C)(C)C)cc1. The minimum Gasteiger partial charge on any atom is -0.350 e. The molecule has 4 heteroatoms. The van der Waals surface area contributed by atoms with E-state index in [1.165, 1.54) is 5.56 Å². The Hall–Kier alpha value is -2.62. The molecule has 2 aromatic rings. The molecule has 0 radical (unpaired) electrons. The van der Waals surface area contributed by atoms with E-state index in [-0.39, 0.29) is 17.4 Å². The van der Waals surface area contributed by atoms with E-state index in [2.05, 4.69) is 48.6 Å². The Bertz CT molecular complexity index is 807. The average molecular weight is 409 g/mol. The van der Waals surface area contributed by atoms with E-state index in [1.807, 2.05) is 45.9 Å². The van der Waals surface area contributed by atoms with Gasteiger partial charge in [-0.3, -0.25) is 9.59 Å². The zero-order valence-electron chi connectivity index (χ0n) is 19.1. The fraction of sp³-hybridized carbons (Fsp3) is 0.462. The summed E-state index contributed by atoms with van der Waals surface area (Å²) in [6, 6.07) is 18.0. The number of hydrogen-bond donors (Lipinski definition) is 1.